The van der Waals surface area contributed by atoms with Gasteiger partial charge in [0.1, 0.15) is 0 Å². The number of hydrogen-bond donors (Lipinski definition) is 0. The average Bonchev–Trinajstić information content (AvgIpc) is 3.33. The zero-order chi connectivity index (χ0) is 40.0. The molecule has 0 radical (unpaired) electrons. The highest BCUT2D eigenvalue weighted by molar-refractivity contribution is 6.29. The van der Waals surface area contributed by atoms with E-state index in [0.717, 1.165) is 33.6 Å². The molecule has 0 saturated carbocycles. The largest absolute Gasteiger partial charge is 0.228 e. The Hall–Kier alpha value is -8.19. The summed E-state index contributed by atoms with van der Waals surface area (Å²) in [5, 5.41) is 19.3. The van der Waals surface area contributed by atoms with Crippen LogP contribution in [0.5, 0.6) is 0 Å². The van der Waals surface area contributed by atoms with Crippen LogP contribution < -0.4 is 0 Å². The first-order valence-electron chi connectivity index (χ1n) is 20.2. The molecule has 10 aromatic carbocycles. The summed E-state index contributed by atoms with van der Waals surface area (Å²) < 4.78 is 0. The first-order valence-corrected chi connectivity index (χ1v) is 20.2. The van der Waals surface area contributed by atoms with Crippen molar-refractivity contribution in [1.29, 1.82) is 5.26 Å². The highest BCUT2D eigenvalue weighted by atomic mass is 14.9. The van der Waals surface area contributed by atoms with Crippen LogP contribution in [-0.4, -0.2) is 9.97 Å². The molecule has 0 fully saturated rings. The van der Waals surface area contributed by atoms with Crippen molar-refractivity contribution in [1.82, 2.24) is 9.97 Å². The first-order chi connectivity index (χ1) is 29.7. The Morgan fingerprint density at radius 1 is 0.333 bits per heavy atom. The van der Waals surface area contributed by atoms with Crippen molar-refractivity contribution >= 4 is 43.1 Å². The number of nitriles is 1. The van der Waals surface area contributed by atoms with Crippen molar-refractivity contribution < 1.29 is 0 Å². The quantitative estimate of drug-likeness (QED) is 0.125. The van der Waals surface area contributed by atoms with E-state index >= 15 is 0 Å². The predicted octanol–water partition coefficient (Wildman–Crippen LogP) is 15.0. The van der Waals surface area contributed by atoms with Crippen molar-refractivity contribution in [2.75, 3.05) is 0 Å². The van der Waals surface area contributed by atoms with Gasteiger partial charge in [0.15, 0.2) is 5.82 Å². The first kappa shape index (κ1) is 35.0. The average molecular weight is 762 g/mol. The molecule has 60 heavy (non-hydrogen) atoms. The van der Waals surface area contributed by atoms with Crippen LogP contribution in [0.25, 0.3) is 110 Å². The van der Waals surface area contributed by atoms with Crippen molar-refractivity contribution in [3.05, 3.63) is 218 Å². The molecule has 0 aliphatic carbocycles. The fourth-order valence-corrected chi connectivity index (χ4v) is 8.91. The second-order valence-electron chi connectivity index (χ2n) is 15.2. The summed E-state index contributed by atoms with van der Waals surface area (Å²) >= 11 is 0. The molecule has 0 N–H and O–H groups in total. The molecule has 0 bridgehead atoms. The summed E-state index contributed by atoms with van der Waals surface area (Å²) in [6, 6.07) is 77.1. The Morgan fingerprint density at radius 2 is 0.833 bits per heavy atom. The van der Waals surface area contributed by atoms with E-state index in [2.05, 4.69) is 158 Å². The maximum Gasteiger partial charge on any atom is 0.160 e. The zero-order valence-corrected chi connectivity index (χ0v) is 32.5. The topological polar surface area (TPSA) is 49.6 Å². The van der Waals surface area contributed by atoms with E-state index in [9.17, 15) is 5.26 Å². The number of aromatic nitrogens is 2. The third kappa shape index (κ3) is 5.99. The van der Waals surface area contributed by atoms with Crippen molar-refractivity contribution in [3.8, 4) is 73.4 Å². The summed E-state index contributed by atoms with van der Waals surface area (Å²) in [5.41, 5.74) is 12.4. The van der Waals surface area contributed by atoms with Gasteiger partial charge < -0.3 is 0 Å². The molecule has 0 amide bonds. The Morgan fingerprint density at radius 3 is 1.48 bits per heavy atom. The predicted molar refractivity (Wildman–Crippen MR) is 249 cm³/mol. The van der Waals surface area contributed by atoms with Crippen LogP contribution in [0.3, 0.4) is 0 Å². The van der Waals surface area contributed by atoms with Crippen LogP contribution in [0.4, 0.5) is 0 Å². The summed E-state index contributed by atoms with van der Waals surface area (Å²) in [6.07, 6.45) is 0. The molecule has 0 atom stereocenters. The van der Waals surface area contributed by atoms with Gasteiger partial charge in [-0.25, -0.2) is 9.97 Å². The van der Waals surface area contributed by atoms with Crippen molar-refractivity contribution in [3.63, 3.8) is 0 Å². The molecule has 1 aromatic heterocycles. The molecule has 0 saturated heterocycles. The molecule has 3 nitrogen and oxygen atoms in total. The second-order valence-corrected chi connectivity index (χ2v) is 15.2. The van der Waals surface area contributed by atoms with E-state index in [1.165, 1.54) is 70.9 Å². The van der Waals surface area contributed by atoms with Crippen LogP contribution >= 0.6 is 0 Å². The zero-order valence-electron chi connectivity index (χ0n) is 32.5. The van der Waals surface area contributed by atoms with E-state index in [4.69, 9.17) is 9.97 Å². The van der Waals surface area contributed by atoms with E-state index in [1.807, 2.05) is 60.7 Å². The van der Waals surface area contributed by atoms with Gasteiger partial charge in [-0.05, 0) is 94.7 Å². The Balaban J connectivity index is 1.07. The summed E-state index contributed by atoms with van der Waals surface area (Å²) in [7, 11) is 0. The molecule has 1 heterocycles. The number of rotatable bonds is 6. The second kappa shape index (κ2) is 14.6. The van der Waals surface area contributed by atoms with Crippen molar-refractivity contribution in [2.24, 2.45) is 0 Å². The summed E-state index contributed by atoms with van der Waals surface area (Å²) in [6.45, 7) is 0. The maximum atomic E-state index is 9.39. The SMILES string of the molecule is N#Cc1ccc(-c2cc(-c3ccc(-c4ccc(-c5c6ccccc6c(-c6ccccc6)c6c5ccc5ccccc56)c5ccccc45)cc3)nc(-c3ccccc3)n2)cc1. The van der Waals surface area contributed by atoms with Gasteiger partial charge in [0.2, 0.25) is 0 Å². The van der Waals surface area contributed by atoms with Crippen LogP contribution in [0.15, 0.2) is 212 Å². The van der Waals surface area contributed by atoms with Crippen LogP contribution in [0, 0.1) is 11.3 Å². The molecule has 278 valence electrons. The fourth-order valence-electron chi connectivity index (χ4n) is 8.91. The Labute approximate surface area is 348 Å². The highest BCUT2D eigenvalue weighted by Gasteiger charge is 2.21. The van der Waals surface area contributed by atoms with Gasteiger partial charge in [-0.1, -0.05) is 194 Å². The summed E-state index contributed by atoms with van der Waals surface area (Å²) in [4.78, 5) is 10.0. The Bertz CT molecular complexity index is 3460. The maximum absolute atomic E-state index is 9.39. The lowest BCUT2D eigenvalue weighted by Crippen LogP contribution is -1.96. The van der Waals surface area contributed by atoms with Gasteiger partial charge in [0.05, 0.1) is 23.0 Å². The number of nitrogens with zero attached hydrogens (tertiary/aromatic N) is 3. The van der Waals surface area contributed by atoms with Gasteiger partial charge >= 0.3 is 0 Å². The molecule has 3 heteroatoms. The third-order valence-corrected chi connectivity index (χ3v) is 11.7. The minimum Gasteiger partial charge on any atom is -0.228 e. The van der Waals surface area contributed by atoms with Crippen LogP contribution in [-0.2, 0) is 0 Å². The minimum atomic E-state index is 0.615. The highest BCUT2D eigenvalue weighted by Crippen LogP contribution is 2.48. The number of hydrogen-bond acceptors (Lipinski definition) is 3. The van der Waals surface area contributed by atoms with E-state index in [-0.39, 0.29) is 0 Å². The molecule has 11 aromatic rings. The molecule has 0 aliphatic rings. The van der Waals surface area contributed by atoms with E-state index in [1.54, 1.807) is 0 Å². The molecular weight excluding hydrogens is 727 g/mol. The normalized spacial score (nSPS) is 11.3. The standard InChI is InChI=1S/C57H35N3/c58-36-37-23-25-40(26-24-37)52-35-53(60-57(59-52)43-16-5-2-6-17-43)41-29-27-39(28-30-41)44-33-34-50(47-20-10-9-19-46(44)47)55-49-22-12-11-21-48(49)54(42-14-3-1-4-15-42)56-45-18-8-7-13-38(45)31-32-51(55)56/h1-35H. The minimum absolute atomic E-state index is 0.615. The lowest BCUT2D eigenvalue weighted by Gasteiger charge is -2.21. The van der Waals surface area contributed by atoms with E-state index in [0.29, 0.717) is 11.4 Å². The molecule has 0 spiro atoms. The summed E-state index contributed by atoms with van der Waals surface area (Å²) in [5.74, 6) is 0.656. The third-order valence-electron chi connectivity index (χ3n) is 11.7. The van der Waals surface area contributed by atoms with Gasteiger partial charge in [-0.15, -0.1) is 0 Å². The number of benzene rings is 10. The van der Waals surface area contributed by atoms with Gasteiger partial charge in [0.25, 0.3) is 0 Å². The van der Waals surface area contributed by atoms with Gasteiger partial charge in [0, 0.05) is 16.7 Å². The fraction of sp³-hybridized carbons (Fsp3) is 0. The lowest BCUT2D eigenvalue weighted by atomic mass is 9.82. The van der Waals surface area contributed by atoms with Crippen LogP contribution in [0.2, 0.25) is 0 Å². The monoisotopic (exact) mass is 761 g/mol. The molecular formula is C57H35N3. The number of fused-ring (bicyclic) bond motifs is 5. The van der Waals surface area contributed by atoms with Gasteiger partial charge in [-0.3, -0.25) is 0 Å². The molecule has 0 unspecified atom stereocenters. The van der Waals surface area contributed by atoms with E-state index < -0.39 is 0 Å². The molecule has 0 aliphatic heterocycles. The van der Waals surface area contributed by atoms with Crippen molar-refractivity contribution in [2.45, 2.75) is 0 Å². The smallest absolute Gasteiger partial charge is 0.160 e. The Kier molecular flexibility index (Phi) is 8.54. The van der Waals surface area contributed by atoms with Gasteiger partial charge in [-0.2, -0.15) is 5.26 Å². The molecule has 11 rings (SSSR count). The lowest BCUT2D eigenvalue weighted by molar-refractivity contribution is 1.18. The van der Waals surface area contributed by atoms with Crippen LogP contribution in [0.1, 0.15) is 5.56 Å².